The Balaban J connectivity index is 1.75. The molecule has 23 heavy (non-hydrogen) atoms. The fraction of sp³-hybridized carbons (Fsp3) is 0.312. The summed E-state index contributed by atoms with van der Waals surface area (Å²) in [6.45, 7) is 3.61. The van der Waals surface area contributed by atoms with Gasteiger partial charge in [-0.25, -0.2) is 17.8 Å². The van der Waals surface area contributed by atoms with Crippen LogP contribution in [0, 0.1) is 12.7 Å². The van der Waals surface area contributed by atoms with Gasteiger partial charge < -0.3 is 4.90 Å². The summed E-state index contributed by atoms with van der Waals surface area (Å²) >= 11 is 0. The highest BCUT2D eigenvalue weighted by molar-refractivity contribution is 7.89. The molecule has 0 spiro atoms. The Morgan fingerprint density at radius 1 is 1.00 bits per heavy atom. The van der Waals surface area contributed by atoms with Crippen molar-refractivity contribution in [1.29, 1.82) is 0 Å². The van der Waals surface area contributed by atoms with Crippen LogP contribution in [0.15, 0.2) is 47.4 Å². The zero-order valence-corrected chi connectivity index (χ0v) is 13.6. The maximum absolute atomic E-state index is 13.8. The van der Waals surface area contributed by atoms with Crippen molar-refractivity contribution in [3.63, 3.8) is 0 Å². The van der Waals surface area contributed by atoms with Gasteiger partial charge in [-0.2, -0.15) is 4.31 Å². The first-order valence-corrected chi connectivity index (χ1v) is 8.86. The van der Waals surface area contributed by atoms with Crippen molar-refractivity contribution in [3.8, 4) is 0 Å². The van der Waals surface area contributed by atoms with Crippen molar-refractivity contribution in [2.45, 2.75) is 11.8 Å². The lowest BCUT2D eigenvalue weighted by Gasteiger charge is -2.34. The first-order valence-electron chi connectivity index (χ1n) is 7.42. The minimum absolute atomic E-state index is 0.262. The zero-order valence-electron chi connectivity index (χ0n) is 12.8. The van der Waals surface area contributed by atoms with Crippen molar-refractivity contribution in [2.75, 3.05) is 31.1 Å². The van der Waals surface area contributed by atoms with E-state index >= 15 is 0 Å². The summed E-state index contributed by atoms with van der Waals surface area (Å²) in [6, 6.07) is 11.2. The van der Waals surface area contributed by atoms with Crippen LogP contribution in [-0.2, 0) is 10.0 Å². The molecule has 0 aliphatic carbocycles. The monoisotopic (exact) mass is 335 g/mol. The summed E-state index contributed by atoms with van der Waals surface area (Å²) in [4.78, 5) is 6.23. The Morgan fingerprint density at radius 2 is 1.70 bits per heavy atom. The first-order chi connectivity index (χ1) is 11.0. The average molecular weight is 335 g/mol. The molecule has 3 rings (SSSR count). The number of nitrogens with zero attached hydrogens (tertiary/aromatic N) is 3. The number of rotatable bonds is 3. The molecule has 2 heterocycles. The largest absolute Gasteiger partial charge is 0.354 e. The van der Waals surface area contributed by atoms with E-state index < -0.39 is 15.8 Å². The molecule has 0 amide bonds. The number of aromatic nitrogens is 1. The highest BCUT2D eigenvalue weighted by Gasteiger charge is 2.30. The SMILES string of the molecule is Cc1cccc(N2CCN(S(=O)(=O)c3ccccc3F)CC2)n1. The Bertz CT molecular complexity index is 802. The van der Waals surface area contributed by atoms with E-state index in [0.29, 0.717) is 26.2 Å². The molecule has 5 nitrogen and oxygen atoms in total. The fourth-order valence-corrected chi connectivity index (χ4v) is 4.14. The molecule has 0 N–H and O–H groups in total. The molecular weight excluding hydrogens is 317 g/mol. The summed E-state index contributed by atoms with van der Waals surface area (Å²) in [7, 11) is -3.80. The van der Waals surface area contributed by atoms with E-state index in [1.165, 1.54) is 28.6 Å². The average Bonchev–Trinajstić information content (AvgIpc) is 2.55. The Hall–Kier alpha value is -1.99. The van der Waals surface area contributed by atoms with Crippen LogP contribution in [0.5, 0.6) is 0 Å². The van der Waals surface area contributed by atoms with Gasteiger partial charge in [0.1, 0.15) is 16.5 Å². The van der Waals surface area contributed by atoms with Gasteiger partial charge in [0.05, 0.1) is 0 Å². The normalized spacial score (nSPS) is 16.5. The molecule has 0 bridgehead atoms. The number of aryl methyl sites for hydroxylation is 1. The van der Waals surface area contributed by atoms with E-state index in [1.54, 1.807) is 0 Å². The van der Waals surface area contributed by atoms with Gasteiger partial charge in [-0.15, -0.1) is 0 Å². The number of pyridine rings is 1. The second-order valence-corrected chi connectivity index (χ2v) is 7.37. The van der Waals surface area contributed by atoms with Crippen molar-refractivity contribution >= 4 is 15.8 Å². The van der Waals surface area contributed by atoms with Crippen LogP contribution in [0.1, 0.15) is 5.69 Å². The molecule has 1 aliphatic heterocycles. The third-order valence-electron chi connectivity index (χ3n) is 3.89. The molecule has 0 unspecified atom stereocenters. The number of halogens is 1. The zero-order chi connectivity index (χ0) is 16.4. The second kappa shape index (κ2) is 6.25. The summed E-state index contributed by atoms with van der Waals surface area (Å²) in [5.74, 6) is 0.128. The molecule has 0 atom stereocenters. The third-order valence-corrected chi connectivity index (χ3v) is 5.82. The van der Waals surface area contributed by atoms with Gasteiger partial charge in [0, 0.05) is 31.9 Å². The lowest BCUT2D eigenvalue weighted by atomic mass is 10.3. The van der Waals surface area contributed by atoms with Gasteiger partial charge in [-0.3, -0.25) is 0 Å². The predicted molar refractivity (Wildman–Crippen MR) is 86.3 cm³/mol. The number of benzene rings is 1. The van der Waals surface area contributed by atoms with Gasteiger partial charge in [-0.1, -0.05) is 18.2 Å². The van der Waals surface area contributed by atoms with Crippen molar-refractivity contribution in [2.24, 2.45) is 0 Å². The second-order valence-electron chi connectivity index (χ2n) is 5.46. The van der Waals surface area contributed by atoms with E-state index in [-0.39, 0.29) is 4.90 Å². The first kappa shape index (κ1) is 15.9. The Labute approximate surface area is 135 Å². The van der Waals surface area contributed by atoms with Crippen LogP contribution in [-0.4, -0.2) is 43.9 Å². The summed E-state index contributed by atoms with van der Waals surface area (Å²) in [6.07, 6.45) is 0. The Kier molecular flexibility index (Phi) is 4.32. The molecule has 0 radical (unpaired) electrons. The quantitative estimate of drug-likeness (QED) is 0.861. The smallest absolute Gasteiger partial charge is 0.246 e. The lowest BCUT2D eigenvalue weighted by molar-refractivity contribution is 0.381. The summed E-state index contributed by atoms with van der Waals surface area (Å²) in [5, 5.41) is 0. The van der Waals surface area contributed by atoms with Crippen molar-refractivity contribution in [1.82, 2.24) is 9.29 Å². The highest BCUT2D eigenvalue weighted by atomic mass is 32.2. The van der Waals surface area contributed by atoms with Gasteiger partial charge >= 0.3 is 0 Å². The Morgan fingerprint density at radius 3 is 2.35 bits per heavy atom. The summed E-state index contributed by atoms with van der Waals surface area (Å²) < 4.78 is 40.2. The van der Waals surface area contributed by atoms with Gasteiger partial charge in [0.2, 0.25) is 10.0 Å². The van der Waals surface area contributed by atoms with Crippen LogP contribution in [0.4, 0.5) is 10.2 Å². The number of hydrogen-bond donors (Lipinski definition) is 0. The molecule has 1 aliphatic rings. The molecule has 7 heteroatoms. The highest BCUT2D eigenvalue weighted by Crippen LogP contribution is 2.22. The molecule has 2 aromatic rings. The summed E-state index contributed by atoms with van der Waals surface area (Å²) in [5.41, 5.74) is 0.920. The van der Waals surface area contributed by atoms with E-state index in [2.05, 4.69) is 4.98 Å². The molecule has 1 fully saturated rings. The van der Waals surface area contributed by atoms with E-state index in [1.807, 2.05) is 30.0 Å². The number of hydrogen-bond acceptors (Lipinski definition) is 4. The minimum atomic E-state index is -3.80. The molecule has 122 valence electrons. The predicted octanol–water partition coefficient (Wildman–Crippen LogP) is 2.04. The molecular formula is C16H18FN3O2S. The van der Waals surface area contributed by atoms with Crippen LogP contribution < -0.4 is 4.90 Å². The van der Waals surface area contributed by atoms with Crippen molar-refractivity contribution in [3.05, 3.63) is 54.0 Å². The van der Waals surface area contributed by atoms with Crippen molar-refractivity contribution < 1.29 is 12.8 Å². The van der Waals surface area contributed by atoms with Gasteiger partial charge in [0.25, 0.3) is 0 Å². The van der Waals surface area contributed by atoms with E-state index in [0.717, 1.165) is 11.5 Å². The standard InChI is InChI=1S/C16H18FN3O2S/c1-13-5-4-8-16(18-13)19-9-11-20(12-10-19)23(21,22)15-7-3-2-6-14(15)17/h2-8H,9-12H2,1H3. The molecule has 1 aromatic heterocycles. The molecule has 1 saturated heterocycles. The van der Waals surface area contributed by atoms with Gasteiger partial charge in [-0.05, 0) is 31.2 Å². The third kappa shape index (κ3) is 3.20. The minimum Gasteiger partial charge on any atom is -0.354 e. The molecule has 0 saturated carbocycles. The number of piperazine rings is 1. The van der Waals surface area contributed by atoms with E-state index in [4.69, 9.17) is 0 Å². The maximum atomic E-state index is 13.8. The lowest BCUT2D eigenvalue weighted by Crippen LogP contribution is -2.49. The van der Waals surface area contributed by atoms with Crippen LogP contribution in [0.2, 0.25) is 0 Å². The van der Waals surface area contributed by atoms with Crippen LogP contribution in [0.25, 0.3) is 0 Å². The van der Waals surface area contributed by atoms with E-state index in [9.17, 15) is 12.8 Å². The van der Waals surface area contributed by atoms with Crippen LogP contribution in [0.3, 0.4) is 0 Å². The van der Waals surface area contributed by atoms with Crippen LogP contribution >= 0.6 is 0 Å². The number of anilines is 1. The molecule has 1 aromatic carbocycles. The van der Waals surface area contributed by atoms with Gasteiger partial charge in [0.15, 0.2) is 0 Å². The fourth-order valence-electron chi connectivity index (χ4n) is 2.66. The topological polar surface area (TPSA) is 53.5 Å². The number of sulfonamides is 1. The maximum Gasteiger partial charge on any atom is 0.246 e.